The topological polar surface area (TPSA) is 73.9 Å². The van der Waals surface area contributed by atoms with Gasteiger partial charge in [-0.25, -0.2) is 0 Å². The fraction of sp³-hybridized carbons (Fsp3) is 0.222. The van der Waals surface area contributed by atoms with Crippen molar-refractivity contribution < 1.29 is 23.8 Å². The highest BCUT2D eigenvalue weighted by atomic mass is 16.5. The first-order valence-electron chi connectivity index (χ1n) is 7.29. The lowest BCUT2D eigenvalue weighted by atomic mass is 10.1. The Kier molecular flexibility index (Phi) is 5.78. The van der Waals surface area contributed by atoms with E-state index in [-0.39, 0.29) is 18.3 Å². The van der Waals surface area contributed by atoms with Crippen LogP contribution in [0.5, 0.6) is 17.2 Å². The minimum absolute atomic E-state index is 0.0265. The molecule has 0 heterocycles. The summed E-state index contributed by atoms with van der Waals surface area (Å²) in [5.41, 5.74) is 1.18. The normalized spacial score (nSPS) is 9.96. The Balaban J connectivity index is 1.97. The zero-order chi connectivity index (χ0) is 17.5. The van der Waals surface area contributed by atoms with Crippen molar-refractivity contribution in [3.05, 3.63) is 48.0 Å². The maximum atomic E-state index is 12.0. The number of ketones is 1. The quantitative estimate of drug-likeness (QED) is 0.791. The van der Waals surface area contributed by atoms with Crippen molar-refractivity contribution in [3.63, 3.8) is 0 Å². The van der Waals surface area contributed by atoms with Crippen LogP contribution >= 0.6 is 0 Å². The maximum absolute atomic E-state index is 12.0. The number of hydrogen-bond donors (Lipinski definition) is 1. The smallest absolute Gasteiger partial charge is 0.262 e. The molecule has 0 radical (unpaired) electrons. The molecule has 2 aromatic rings. The Morgan fingerprint density at radius 2 is 1.62 bits per heavy atom. The van der Waals surface area contributed by atoms with Gasteiger partial charge in [0.2, 0.25) is 5.75 Å². The van der Waals surface area contributed by atoms with Crippen LogP contribution in [0.4, 0.5) is 5.69 Å². The number of anilines is 1. The number of hydrogen-bond acceptors (Lipinski definition) is 5. The van der Waals surface area contributed by atoms with Crippen LogP contribution in [-0.4, -0.2) is 32.5 Å². The fourth-order valence-corrected chi connectivity index (χ4v) is 2.10. The molecular weight excluding hydrogens is 310 g/mol. The summed E-state index contributed by atoms with van der Waals surface area (Å²) in [5.74, 6) is 1.02. The number of carbonyl (C=O) groups excluding carboxylic acids is 2. The van der Waals surface area contributed by atoms with Crippen molar-refractivity contribution in [3.8, 4) is 17.2 Å². The molecule has 6 nitrogen and oxygen atoms in total. The van der Waals surface area contributed by atoms with Gasteiger partial charge in [-0.15, -0.1) is 0 Å². The van der Waals surface area contributed by atoms with E-state index in [1.54, 1.807) is 42.5 Å². The van der Waals surface area contributed by atoms with E-state index >= 15 is 0 Å². The standard InChI is InChI=1S/C18H19NO5/c1-12(20)13-7-9-14(10-8-13)19-17(21)11-24-16-6-4-5-15(22-2)18(16)23-3/h4-10H,11H2,1-3H3,(H,19,21). The Morgan fingerprint density at radius 1 is 0.958 bits per heavy atom. The second-order valence-electron chi connectivity index (χ2n) is 4.96. The first kappa shape index (κ1) is 17.3. The van der Waals surface area contributed by atoms with Gasteiger partial charge in [-0.3, -0.25) is 9.59 Å². The molecule has 2 rings (SSSR count). The second-order valence-corrected chi connectivity index (χ2v) is 4.96. The number of nitrogens with one attached hydrogen (secondary N) is 1. The van der Waals surface area contributed by atoms with E-state index in [1.807, 2.05) is 0 Å². The molecule has 0 unspecified atom stereocenters. The van der Waals surface area contributed by atoms with E-state index in [0.717, 1.165) is 0 Å². The molecule has 6 heteroatoms. The molecule has 1 N–H and O–H groups in total. The molecule has 0 aliphatic heterocycles. The van der Waals surface area contributed by atoms with E-state index in [1.165, 1.54) is 21.1 Å². The van der Waals surface area contributed by atoms with Crippen LogP contribution in [0.2, 0.25) is 0 Å². The highest BCUT2D eigenvalue weighted by Crippen LogP contribution is 2.36. The second kappa shape index (κ2) is 8.01. The number of methoxy groups -OCH3 is 2. The number of benzene rings is 2. The molecule has 0 saturated heterocycles. The van der Waals surface area contributed by atoms with Crippen molar-refractivity contribution in [2.45, 2.75) is 6.92 Å². The molecule has 0 bridgehead atoms. The summed E-state index contributed by atoms with van der Waals surface area (Å²) in [7, 11) is 3.03. The highest BCUT2D eigenvalue weighted by Gasteiger charge is 2.12. The van der Waals surface area contributed by atoms with E-state index in [0.29, 0.717) is 28.5 Å². The third-order valence-corrected chi connectivity index (χ3v) is 3.30. The summed E-state index contributed by atoms with van der Waals surface area (Å²) < 4.78 is 15.9. The fourth-order valence-electron chi connectivity index (χ4n) is 2.10. The minimum Gasteiger partial charge on any atom is -0.493 e. The highest BCUT2D eigenvalue weighted by molar-refractivity contribution is 5.95. The molecule has 0 fully saturated rings. The van der Waals surface area contributed by atoms with Gasteiger partial charge in [0.15, 0.2) is 23.9 Å². The summed E-state index contributed by atoms with van der Waals surface area (Å²) in [6.45, 7) is 1.31. The number of amides is 1. The van der Waals surface area contributed by atoms with Gasteiger partial charge in [-0.1, -0.05) is 6.07 Å². The summed E-state index contributed by atoms with van der Waals surface area (Å²) >= 11 is 0. The Labute approximate surface area is 140 Å². The van der Waals surface area contributed by atoms with Gasteiger partial charge >= 0.3 is 0 Å². The molecule has 0 spiro atoms. The molecule has 0 aliphatic rings. The van der Waals surface area contributed by atoms with Crippen molar-refractivity contribution in [2.75, 3.05) is 26.1 Å². The van der Waals surface area contributed by atoms with Crippen molar-refractivity contribution in [2.24, 2.45) is 0 Å². The summed E-state index contributed by atoms with van der Waals surface area (Å²) in [6, 6.07) is 11.8. The molecular formula is C18H19NO5. The minimum atomic E-state index is -0.324. The van der Waals surface area contributed by atoms with Gasteiger partial charge in [-0.2, -0.15) is 0 Å². The molecule has 126 valence electrons. The van der Waals surface area contributed by atoms with Gasteiger partial charge < -0.3 is 19.5 Å². The number of ether oxygens (including phenoxy) is 3. The van der Waals surface area contributed by atoms with Crippen molar-refractivity contribution in [1.29, 1.82) is 0 Å². The molecule has 0 atom stereocenters. The zero-order valence-electron chi connectivity index (χ0n) is 13.8. The van der Waals surface area contributed by atoms with Crippen LogP contribution in [0.15, 0.2) is 42.5 Å². The number of carbonyl (C=O) groups is 2. The average Bonchev–Trinajstić information content (AvgIpc) is 2.59. The van der Waals surface area contributed by atoms with E-state index < -0.39 is 0 Å². The Hall–Kier alpha value is -3.02. The third-order valence-electron chi connectivity index (χ3n) is 3.30. The average molecular weight is 329 g/mol. The van der Waals surface area contributed by atoms with Gasteiger partial charge in [0.05, 0.1) is 14.2 Å². The van der Waals surface area contributed by atoms with Gasteiger partial charge in [0.1, 0.15) is 0 Å². The largest absolute Gasteiger partial charge is 0.493 e. The van der Waals surface area contributed by atoms with Crippen molar-refractivity contribution in [1.82, 2.24) is 0 Å². The Bertz CT molecular complexity index is 725. The third kappa shape index (κ3) is 4.25. The molecule has 24 heavy (non-hydrogen) atoms. The summed E-state index contributed by atoms with van der Waals surface area (Å²) in [6.07, 6.45) is 0. The van der Waals surface area contributed by atoms with Gasteiger partial charge in [0.25, 0.3) is 5.91 Å². The van der Waals surface area contributed by atoms with Crippen LogP contribution < -0.4 is 19.5 Å². The van der Waals surface area contributed by atoms with Crippen LogP contribution in [0.1, 0.15) is 17.3 Å². The molecule has 0 aromatic heterocycles. The molecule has 0 saturated carbocycles. The van der Waals surface area contributed by atoms with Gasteiger partial charge in [0, 0.05) is 11.3 Å². The molecule has 1 amide bonds. The monoisotopic (exact) mass is 329 g/mol. The number of para-hydroxylation sites is 1. The lowest BCUT2D eigenvalue weighted by Crippen LogP contribution is -2.20. The predicted octanol–water partition coefficient (Wildman–Crippen LogP) is 2.92. The Morgan fingerprint density at radius 3 is 2.21 bits per heavy atom. The van der Waals surface area contributed by atoms with Crippen molar-refractivity contribution >= 4 is 17.4 Å². The maximum Gasteiger partial charge on any atom is 0.262 e. The first-order chi connectivity index (χ1) is 11.5. The first-order valence-corrected chi connectivity index (χ1v) is 7.29. The van der Waals surface area contributed by atoms with Crippen LogP contribution in [-0.2, 0) is 4.79 Å². The van der Waals surface area contributed by atoms with Gasteiger partial charge in [-0.05, 0) is 43.3 Å². The van der Waals surface area contributed by atoms with Crippen LogP contribution in [0.3, 0.4) is 0 Å². The summed E-state index contributed by atoms with van der Waals surface area (Å²) in [5, 5.41) is 2.70. The lowest BCUT2D eigenvalue weighted by Gasteiger charge is -2.13. The lowest BCUT2D eigenvalue weighted by molar-refractivity contribution is -0.118. The molecule has 2 aromatic carbocycles. The summed E-state index contributed by atoms with van der Waals surface area (Å²) in [4.78, 5) is 23.2. The number of rotatable bonds is 7. The molecule has 0 aliphatic carbocycles. The predicted molar refractivity (Wildman–Crippen MR) is 90.1 cm³/mol. The number of Topliss-reactive ketones (excluding diaryl/α,β-unsaturated/α-hetero) is 1. The van der Waals surface area contributed by atoms with E-state index in [2.05, 4.69) is 5.32 Å². The van der Waals surface area contributed by atoms with E-state index in [9.17, 15) is 9.59 Å². The van der Waals surface area contributed by atoms with E-state index in [4.69, 9.17) is 14.2 Å². The van der Waals surface area contributed by atoms with Crippen LogP contribution in [0.25, 0.3) is 0 Å². The van der Waals surface area contributed by atoms with Crippen LogP contribution in [0, 0.1) is 0 Å². The SMILES string of the molecule is COc1cccc(OCC(=O)Nc2ccc(C(C)=O)cc2)c1OC. The zero-order valence-corrected chi connectivity index (χ0v) is 13.8.